The minimum atomic E-state index is 1.01. The summed E-state index contributed by atoms with van der Waals surface area (Å²) in [6.45, 7) is 0. The number of rotatable bonds is 0. The molecule has 1 radical (unpaired) electrons. The van der Waals surface area contributed by atoms with E-state index in [2.05, 4.69) is 20.9 Å². The van der Waals surface area contributed by atoms with Crippen molar-refractivity contribution in [3.63, 3.8) is 0 Å². The second-order valence-electron chi connectivity index (χ2n) is 0.922. The lowest BCUT2D eigenvalue weighted by Crippen LogP contribution is -1.78. The fraction of sp³-hybridized carbons (Fsp3) is 0.333. The van der Waals surface area contributed by atoms with E-state index in [-0.39, 0.29) is 0 Å². The zero-order valence-electron chi connectivity index (χ0n) is 3.02. The number of halogens is 1. The van der Waals surface area contributed by atoms with Crippen LogP contribution in [0.25, 0.3) is 0 Å². The van der Waals surface area contributed by atoms with Crippen molar-refractivity contribution in [2.75, 3.05) is 5.75 Å². The van der Waals surface area contributed by atoms with Crippen molar-refractivity contribution in [3.8, 4) is 0 Å². The number of nitrogens with zero attached hydrogens (tertiary/aromatic N) is 1. The zero-order chi connectivity index (χ0) is 4.41. The molecule has 0 fully saturated rings. The first-order valence-electron chi connectivity index (χ1n) is 1.55. The third-order valence-corrected chi connectivity index (χ3v) is 2.02. The molecule has 1 heterocycles. The molecular formula is C3H3BrNS. The van der Waals surface area contributed by atoms with E-state index >= 15 is 0 Å². The molecule has 0 N–H and O–H groups in total. The first-order valence-corrected chi connectivity index (χ1v) is 3.39. The summed E-state index contributed by atoms with van der Waals surface area (Å²) in [6.07, 6.45) is 0. The predicted molar refractivity (Wildman–Crippen MR) is 33.1 cm³/mol. The fourth-order valence-electron chi connectivity index (χ4n) is 0.238. The molecule has 0 aromatic rings. The van der Waals surface area contributed by atoms with Crippen LogP contribution in [0.3, 0.4) is 0 Å². The third kappa shape index (κ3) is 0.980. The molecule has 0 saturated heterocycles. The molecule has 0 atom stereocenters. The van der Waals surface area contributed by atoms with E-state index in [1.807, 2.05) is 5.88 Å². The van der Waals surface area contributed by atoms with Gasteiger partial charge in [-0.1, -0.05) is 0 Å². The number of hydrogen-bond acceptors (Lipinski definition) is 2. The van der Waals surface area contributed by atoms with E-state index in [1.165, 1.54) is 0 Å². The monoisotopic (exact) mass is 164 g/mol. The fourth-order valence-corrected chi connectivity index (χ4v) is 1.36. The zero-order valence-corrected chi connectivity index (χ0v) is 5.42. The average Bonchev–Trinajstić information content (AvgIpc) is 1.86. The maximum atomic E-state index is 3.91. The van der Waals surface area contributed by atoms with Crippen LogP contribution in [-0.2, 0) is 0 Å². The molecule has 0 spiro atoms. The summed E-state index contributed by atoms with van der Waals surface area (Å²) in [5.41, 5.74) is 0. The van der Waals surface area contributed by atoms with Crippen molar-refractivity contribution in [1.29, 1.82) is 0 Å². The van der Waals surface area contributed by atoms with Crippen molar-refractivity contribution < 1.29 is 0 Å². The lowest BCUT2D eigenvalue weighted by molar-refractivity contribution is 1.59. The van der Waals surface area contributed by atoms with Crippen molar-refractivity contribution in [2.45, 2.75) is 0 Å². The Labute approximate surface area is 49.3 Å². The summed E-state index contributed by atoms with van der Waals surface area (Å²) in [6, 6.07) is 0. The molecule has 0 aromatic heterocycles. The van der Waals surface area contributed by atoms with E-state index in [1.54, 1.807) is 11.8 Å². The van der Waals surface area contributed by atoms with Gasteiger partial charge in [0.1, 0.15) is 5.88 Å². The Morgan fingerprint density at radius 1 is 2.00 bits per heavy atom. The first kappa shape index (κ1) is 4.65. The van der Waals surface area contributed by atoms with Crippen LogP contribution in [0.2, 0.25) is 0 Å². The highest BCUT2D eigenvalue weighted by Gasteiger charge is 1.99. The van der Waals surface area contributed by atoms with Crippen LogP contribution in [0.4, 0.5) is 0 Å². The maximum Gasteiger partial charge on any atom is 0.128 e. The molecule has 6 heavy (non-hydrogen) atoms. The normalized spacial score (nSPS) is 21.2. The largest absolute Gasteiger partial charge is 0.264 e. The molecule has 33 valence electrons. The summed E-state index contributed by atoms with van der Waals surface area (Å²) < 4.78 is 1.05. The molecule has 0 amide bonds. The summed E-state index contributed by atoms with van der Waals surface area (Å²) in [7, 11) is 0. The van der Waals surface area contributed by atoms with Crippen LogP contribution in [0, 0.1) is 5.88 Å². The second-order valence-corrected chi connectivity index (χ2v) is 2.67. The Kier molecular flexibility index (Phi) is 1.54. The Hall–Kier alpha value is 0.500. The summed E-state index contributed by atoms with van der Waals surface area (Å²) in [5, 5.41) is 0. The SMILES string of the molecule is BrC1=N[CH]SC1. The van der Waals surface area contributed by atoms with Crippen molar-refractivity contribution in [1.82, 2.24) is 0 Å². The highest BCUT2D eigenvalue weighted by molar-refractivity contribution is 9.18. The molecule has 1 aliphatic rings. The van der Waals surface area contributed by atoms with Gasteiger partial charge in [0.05, 0.1) is 4.62 Å². The van der Waals surface area contributed by atoms with Gasteiger partial charge >= 0.3 is 0 Å². The number of thioether (sulfide) groups is 1. The van der Waals surface area contributed by atoms with E-state index in [0.29, 0.717) is 0 Å². The van der Waals surface area contributed by atoms with Gasteiger partial charge < -0.3 is 0 Å². The van der Waals surface area contributed by atoms with Crippen LogP contribution >= 0.6 is 27.7 Å². The Morgan fingerprint density at radius 2 is 2.83 bits per heavy atom. The quantitative estimate of drug-likeness (QED) is 0.531. The molecule has 0 aliphatic carbocycles. The van der Waals surface area contributed by atoms with Gasteiger partial charge in [0, 0.05) is 5.75 Å². The molecule has 3 heteroatoms. The lowest BCUT2D eigenvalue weighted by Gasteiger charge is -1.73. The number of hydrogen-bond donors (Lipinski definition) is 0. The van der Waals surface area contributed by atoms with Crippen LogP contribution in [0.1, 0.15) is 0 Å². The highest BCUT2D eigenvalue weighted by Crippen LogP contribution is 2.16. The van der Waals surface area contributed by atoms with Crippen molar-refractivity contribution in [3.05, 3.63) is 5.88 Å². The molecule has 0 bridgehead atoms. The van der Waals surface area contributed by atoms with Gasteiger partial charge in [-0.3, -0.25) is 4.99 Å². The molecule has 1 aliphatic heterocycles. The lowest BCUT2D eigenvalue weighted by atomic mass is 10.9. The standard InChI is InChI=1S/C3H3BrNS/c4-3-1-6-2-5-3/h2H,1H2. The van der Waals surface area contributed by atoms with E-state index < -0.39 is 0 Å². The van der Waals surface area contributed by atoms with Crippen LogP contribution in [0.15, 0.2) is 4.99 Å². The van der Waals surface area contributed by atoms with Gasteiger partial charge in [-0.2, -0.15) is 0 Å². The molecule has 1 rings (SSSR count). The second kappa shape index (κ2) is 1.98. The molecule has 0 aromatic carbocycles. The van der Waals surface area contributed by atoms with Gasteiger partial charge in [-0.15, -0.1) is 11.8 Å². The van der Waals surface area contributed by atoms with Crippen molar-refractivity contribution in [2.24, 2.45) is 4.99 Å². The minimum Gasteiger partial charge on any atom is -0.264 e. The molecule has 0 saturated carbocycles. The van der Waals surface area contributed by atoms with Gasteiger partial charge in [0.25, 0.3) is 0 Å². The predicted octanol–water partition coefficient (Wildman–Crippen LogP) is 1.65. The van der Waals surface area contributed by atoms with Gasteiger partial charge in [-0.25, -0.2) is 0 Å². The number of aliphatic imine (C=N–C) groups is 1. The molecule has 1 nitrogen and oxygen atoms in total. The highest BCUT2D eigenvalue weighted by atomic mass is 79.9. The summed E-state index contributed by atoms with van der Waals surface area (Å²) in [5.74, 6) is 2.85. The Bertz CT molecular complexity index is 80.9. The smallest absolute Gasteiger partial charge is 0.128 e. The van der Waals surface area contributed by atoms with Gasteiger partial charge in [0.15, 0.2) is 0 Å². The van der Waals surface area contributed by atoms with Gasteiger partial charge in [0.2, 0.25) is 0 Å². The van der Waals surface area contributed by atoms with E-state index in [9.17, 15) is 0 Å². The summed E-state index contributed by atoms with van der Waals surface area (Å²) >= 11 is 4.94. The molecule has 0 unspecified atom stereocenters. The van der Waals surface area contributed by atoms with Crippen molar-refractivity contribution >= 4 is 32.3 Å². The van der Waals surface area contributed by atoms with Crippen LogP contribution in [0.5, 0.6) is 0 Å². The van der Waals surface area contributed by atoms with Gasteiger partial charge in [-0.05, 0) is 15.9 Å². The van der Waals surface area contributed by atoms with E-state index in [4.69, 9.17) is 0 Å². The van der Waals surface area contributed by atoms with Crippen LogP contribution < -0.4 is 0 Å². The summed E-state index contributed by atoms with van der Waals surface area (Å²) in [4.78, 5) is 3.91. The van der Waals surface area contributed by atoms with E-state index in [0.717, 1.165) is 10.4 Å². The third-order valence-electron chi connectivity index (χ3n) is 0.470. The topological polar surface area (TPSA) is 12.4 Å². The minimum absolute atomic E-state index is 1.01. The first-order chi connectivity index (χ1) is 2.89. The Morgan fingerprint density at radius 3 is 3.00 bits per heavy atom. The molecular weight excluding hydrogens is 162 g/mol. The maximum absolute atomic E-state index is 3.91. The Balaban J connectivity index is 2.45. The average molecular weight is 165 g/mol. The van der Waals surface area contributed by atoms with Crippen LogP contribution in [-0.4, -0.2) is 10.4 Å².